The lowest BCUT2D eigenvalue weighted by atomic mass is 10.2. The lowest BCUT2D eigenvalue weighted by Crippen LogP contribution is -2.19. The van der Waals surface area contributed by atoms with Crippen molar-refractivity contribution in [2.75, 3.05) is 23.8 Å². The molecule has 0 bridgehead atoms. The fraction of sp³-hybridized carbons (Fsp3) is 0.278. The zero-order valence-electron chi connectivity index (χ0n) is 15.6. The molecule has 1 aliphatic rings. The summed E-state index contributed by atoms with van der Waals surface area (Å²) in [5.74, 6) is -0.356. The summed E-state index contributed by atoms with van der Waals surface area (Å²) in [5.41, 5.74) is 6.15. The monoisotopic (exact) mass is 397 g/mol. The molecule has 4 heterocycles. The van der Waals surface area contributed by atoms with Crippen LogP contribution in [0.3, 0.4) is 0 Å². The molecule has 2 amide bonds. The number of primary amides is 1. The number of nitrogens with two attached hydrogens (primary N) is 1. The van der Waals surface area contributed by atoms with E-state index in [0.29, 0.717) is 18.0 Å². The minimum atomic E-state index is -0.744. The number of nitrogens with zero attached hydrogens (tertiary/aromatic N) is 4. The molecule has 0 aliphatic carbocycles. The van der Waals surface area contributed by atoms with E-state index in [1.807, 2.05) is 0 Å². The van der Waals surface area contributed by atoms with E-state index in [4.69, 9.17) is 14.9 Å². The standard InChI is InChI=1S/C18H19N7O4/c1-25-7-12(15(24-25)16(19)26)22-17(27)13-9-29-18(23-13)10-2-4-20-14(6-10)21-11-3-5-28-8-11/h2,4,6-7,9,11H,3,5,8H2,1H3,(H2,19,26)(H,20,21)(H,22,27)/t11-/m1/s1. The Morgan fingerprint density at radius 2 is 2.24 bits per heavy atom. The highest BCUT2D eigenvalue weighted by Gasteiger charge is 2.20. The van der Waals surface area contributed by atoms with E-state index in [1.54, 1.807) is 25.4 Å². The summed E-state index contributed by atoms with van der Waals surface area (Å²) in [6, 6.07) is 3.73. The first-order chi connectivity index (χ1) is 14.0. The van der Waals surface area contributed by atoms with Crippen molar-refractivity contribution >= 4 is 23.3 Å². The Kier molecular flexibility index (Phi) is 4.96. The number of pyridine rings is 1. The van der Waals surface area contributed by atoms with Gasteiger partial charge in [0.25, 0.3) is 11.8 Å². The van der Waals surface area contributed by atoms with E-state index in [0.717, 1.165) is 13.0 Å². The maximum Gasteiger partial charge on any atom is 0.277 e. The van der Waals surface area contributed by atoms with Gasteiger partial charge in [-0.25, -0.2) is 9.97 Å². The van der Waals surface area contributed by atoms with Gasteiger partial charge in [0.2, 0.25) is 5.89 Å². The highest BCUT2D eigenvalue weighted by atomic mass is 16.5. The number of oxazole rings is 1. The first kappa shape index (κ1) is 18.6. The maximum absolute atomic E-state index is 12.5. The molecule has 0 radical (unpaired) electrons. The maximum atomic E-state index is 12.5. The number of amides is 2. The van der Waals surface area contributed by atoms with E-state index in [1.165, 1.54) is 17.1 Å². The number of carbonyl (C=O) groups is 2. The minimum Gasteiger partial charge on any atom is -0.444 e. The molecular formula is C18H19N7O4. The summed E-state index contributed by atoms with van der Waals surface area (Å²) in [5, 5.41) is 9.79. The molecule has 11 nitrogen and oxygen atoms in total. The number of anilines is 2. The van der Waals surface area contributed by atoms with Gasteiger partial charge in [0, 0.05) is 31.6 Å². The second kappa shape index (κ2) is 7.72. The predicted molar refractivity (Wildman–Crippen MR) is 102 cm³/mol. The highest BCUT2D eigenvalue weighted by Crippen LogP contribution is 2.22. The van der Waals surface area contributed by atoms with Crippen LogP contribution in [0.4, 0.5) is 11.5 Å². The van der Waals surface area contributed by atoms with Crippen molar-refractivity contribution in [3.63, 3.8) is 0 Å². The zero-order valence-corrected chi connectivity index (χ0v) is 15.6. The number of aryl methyl sites for hydroxylation is 1. The molecule has 29 heavy (non-hydrogen) atoms. The van der Waals surface area contributed by atoms with Crippen molar-refractivity contribution in [1.29, 1.82) is 0 Å². The Morgan fingerprint density at radius 1 is 1.38 bits per heavy atom. The van der Waals surface area contributed by atoms with Gasteiger partial charge in [-0.1, -0.05) is 0 Å². The van der Waals surface area contributed by atoms with Gasteiger partial charge >= 0.3 is 0 Å². The van der Waals surface area contributed by atoms with Crippen LogP contribution < -0.4 is 16.4 Å². The minimum absolute atomic E-state index is 0.0367. The molecular weight excluding hydrogens is 378 g/mol. The molecule has 4 N–H and O–H groups in total. The molecule has 1 saturated heterocycles. The normalized spacial score (nSPS) is 16.0. The van der Waals surface area contributed by atoms with E-state index in [9.17, 15) is 9.59 Å². The number of nitrogens with one attached hydrogen (secondary N) is 2. The summed E-state index contributed by atoms with van der Waals surface area (Å²) in [7, 11) is 1.61. The summed E-state index contributed by atoms with van der Waals surface area (Å²) in [6.45, 7) is 1.36. The molecule has 150 valence electrons. The third-order valence-corrected chi connectivity index (χ3v) is 4.34. The van der Waals surface area contributed by atoms with Gasteiger partial charge in [-0.15, -0.1) is 0 Å². The third kappa shape index (κ3) is 4.09. The van der Waals surface area contributed by atoms with Crippen LogP contribution >= 0.6 is 0 Å². The third-order valence-electron chi connectivity index (χ3n) is 4.34. The molecule has 3 aromatic rings. The summed E-state index contributed by atoms with van der Waals surface area (Å²) < 4.78 is 12.2. The van der Waals surface area contributed by atoms with Gasteiger partial charge < -0.3 is 25.5 Å². The van der Waals surface area contributed by atoms with Gasteiger partial charge in [0.15, 0.2) is 11.4 Å². The van der Waals surface area contributed by atoms with Crippen LogP contribution in [0.1, 0.15) is 27.4 Å². The fourth-order valence-electron chi connectivity index (χ4n) is 2.96. The van der Waals surface area contributed by atoms with Crippen LogP contribution in [0.25, 0.3) is 11.5 Å². The summed E-state index contributed by atoms with van der Waals surface area (Å²) in [6.07, 6.45) is 5.26. The summed E-state index contributed by atoms with van der Waals surface area (Å²) in [4.78, 5) is 32.4. The van der Waals surface area contributed by atoms with Crippen molar-refractivity contribution < 1.29 is 18.7 Å². The second-order valence-electron chi connectivity index (χ2n) is 6.56. The Balaban J connectivity index is 1.49. The van der Waals surface area contributed by atoms with Crippen LogP contribution in [0.15, 0.2) is 35.2 Å². The zero-order chi connectivity index (χ0) is 20.4. The van der Waals surface area contributed by atoms with Gasteiger partial charge in [0.05, 0.1) is 18.3 Å². The van der Waals surface area contributed by atoms with E-state index in [-0.39, 0.29) is 29.0 Å². The fourth-order valence-corrected chi connectivity index (χ4v) is 2.96. The average Bonchev–Trinajstić information content (AvgIpc) is 3.43. The number of hydrogen-bond acceptors (Lipinski definition) is 8. The van der Waals surface area contributed by atoms with Crippen LogP contribution in [-0.2, 0) is 11.8 Å². The quantitative estimate of drug-likeness (QED) is 0.558. The lowest BCUT2D eigenvalue weighted by molar-refractivity contribution is 0.0995. The number of hydrogen-bond donors (Lipinski definition) is 3. The van der Waals surface area contributed by atoms with Crippen molar-refractivity contribution in [2.24, 2.45) is 12.8 Å². The number of aromatic nitrogens is 4. The van der Waals surface area contributed by atoms with E-state index < -0.39 is 11.8 Å². The van der Waals surface area contributed by atoms with E-state index >= 15 is 0 Å². The smallest absolute Gasteiger partial charge is 0.277 e. The first-order valence-corrected chi connectivity index (χ1v) is 8.90. The van der Waals surface area contributed by atoms with Crippen molar-refractivity contribution in [2.45, 2.75) is 12.5 Å². The largest absolute Gasteiger partial charge is 0.444 e. The van der Waals surface area contributed by atoms with Gasteiger partial charge in [-0.2, -0.15) is 5.10 Å². The number of ether oxygens (including phenoxy) is 1. The van der Waals surface area contributed by atoms with Gasteiger partial charge in [-0.3, -0.25) is 14.3 Å². The number of carbonyl (C=O) groups excluding carboxylic acids is 2. The SMILES string of the molecule is Cn1cc(NC(=O)c2coc(-c3ccnc(N[C@@H]4CCOC4)c3)n2)c(C(N)=O)n1. The van der Waals surface area contributed by atoms with Crippen LogP contribution in [0.2, 0.25) is 0 Å². The number of rotatable bonds is 6. The Hall–Kier alpha value is -3.73. The molecule has 1 fully saturated rings. The van der Waals surface area contributed by atoms with Crippen LogP contribution in [-0.4, -0.2) is 50.8 Å². The molecule has 3 aromatic heterocycles. The summed E-state index contributed by atoms with van der Waals surface area (Å²) >= 11 is 0. The lowest BCUT2D eigenvalue weighted by Gasteiger charge is -2.11. The Morgan fingerprint density at radius 3 is 3.00 bits per heavy atom. The topological polar surface area (TPSA) is 150 Å². The van der Waals surface area contributed by atoms with Crippen LogP contribution in [0.5, 0.6) is 0 Å². The van der Waals surface area contributed by atoms with Gasteiger partial charge in [0.1, 0.15) is 12.1 Å². The van der Waals surface area contributed by atoms with Crippen molar-refractivity contribution in [1.82, 2.24) is 19.7 Å². The molecule has 0 spiro atoms. The second-order valence-corrected chi connectivity index (χ2v) is 6.56. The van der Waals surface area contributed by atoms with Crippen LogP contribution in [0, 0.1) is 0 Å². The van der Waals surface area contributed by atoms with Crippen molar-refractivity contribution in [3.8, 4) is 11.5 Å². The highest BCUT2D eigenvalue weighted by molar-refractivity contribution is 6.07. The van der Waals surface area contributed by atoms with E-state index in [2.05, 4.69) is 25.7 Å². The molecule has 0 aromatic carbocycles. The predicted octanol–water partition coefficient (Wildman–Crippen LogP) is 1.02. The van der Waals surface area contributed by atoms with Gasteiger partial charge in [-0.05, 0) is 18.6 Å². The molecule has 1 atom stereocenters. The molecule has 0 saturated carbocycles. The Bertz CT molecular complexity index is 1050. The molecule has 4 rings (SSSR count). The molecule has 1 aliphatic heterocycles. The van der Waals surface area contributed by atoms with Crippen molar-refractivity contribution in [3.05, 3.63) is 42.2 Å². The Labute approximate surface area is 165 Å². The first-order valence-electron chi connectivity index (χ1n) is 8.90. The molecule has 0 unspecified atom stereocenters. The average molecular weight is 397 g/mol. The molecule has 11 heteroatoms.